The Morgan fingerprint density at radius 2 is 0.702 bits per heavy atom. The Bertz CT molecular complexity index is 916. The highest BCUT2D eigenvalue weighted by molar-refractivity contribution is 6.33. The van der Waals surface area contributed by atoms with E-state index in [0.29, 0.717) is 0 Å². The van der Waals surface area contributed by atoms with E-state index in [1.165, 1.54) is 47.2 Å². The third-order valence-corrected chi connectivity index (χ3v) is 4.72. The monoisotopic (exact) mass is 650 g/mol. The first kappa shape index (κ1) is 56.0. The van der Waals surface area contributed by atoms with Crippen molar-refractivity contribution in [1.82, 2.24) is 0 Å². The summed E-state index contributed by atoms with van der Waals surface area (Å²) in [6.45, 7) is 21.1. The minimum Gasteiger partial charge on any atom is -0.394 e. The molecule has 1 radical (unpaired) electrons. The van der Waals surface area contributed by atoms with E-state index in [1.807, 2.05) is 28.0 Å². The van der Waals surface area contributed by atoms with Gasteiger partial charge in [-0.3, -0.25) is 0 Å². The van der Waals surface area contributed by atoms with Gasteiger partial charge < -0.3 is 4.74 Å². The summed E-state index contributed by atoms with van der Waals surface area (Å²) in [5.41, 5.74) is 0. The van der Waals surface area contributed by atoms with Crippen LogP contribution >= 0.6 is 0 Å². The van der Waals surface area contributed by atoms with Crippen LogP contribution in [0.1, 0.15) is 95.9 Å². The average Bonchev–Trinajstić information content (AvgIpc) is 3.08. The van der Waals surface area contributed by atoms with Gasteiger partial charge in [0.1, 0.15) is 7.28 Å². The number of hydrogen-bond donors (Lipinski definition) is 0. The molecule has 267 valence electrons. The van der Waals surface area contributed by atoms with Gasteiger partial charge in [0.2, 0.25) is 0 Å². The van der Waals surface area contributed by atoms with E-state index in [2.05, 4.69) is 164 Å². The van der Waals surface area contributed by atoms with Crippen LogP contribution in [-0.4, -0.2) is 48.1 Å². The summed E-state index contributed by atoms with van der Waals surface area (Å²) in [6.07, 6.45) is 5.14. The van der Waals surface area contributed by atoms with E-state index >= 15 is 0 Å². The number of nitrogens with zero attached hydrogens (tertiary/aromatic N) is 4. The van der Waals surface area contributed by atoms with Gasteiger partial charge in [-0.15, -0.1) is 0 Å². The lowest BCUT2D eigenvalue weighted by Crippen LogP contribution is -1.92. The molecule has 0 atom stereocenters. The smallest absolute Gasteiger partial charge is 0.141 e. The number of rotatable bonds is 5. The molecule has 0 aliphatic heterocycles. The minimum atomic E-state index is 0. The second kappa shape index (κ2) is 52.2. The molecule has 5 nitrogen and oxygen atoms in total. The molecule has 47 heavy (non-hydrogen) atoms. The molecule has 6 heteroatoms. The molecule has 0 aliphatic carbocycles. The van der Waals surface area contributed by atoms with Crippen LogP contribution in [0.25, 0.3) is 21.5 Å². The molecule has 0 saturated heterocycles. The van der Waals surface area contributed by atoms with Crippen molar-refractivity contribution in [1.29, 1.82) is 0 Å². The lowest BCUT2D eigenvalue weighted by Gasteiger charge is -1.92. The summed E-state index contributed by atoms with van der Waals surface area (Å²) in [6, 6.07) is 33.4. The predicted molar refractivity (Wildman–Crippen MR) is 220 cm³/mol. The van der Waals surface area contributed by atoms with Gasteiger partial charge in [-0.05, 0) is 35.4 Å². The van der Waals surface area contributed by atoms with E-state index in [-0.39, 0.29) is 14.9 Å². The van der Waals surface area contributed by atoms with Gasteiger partial charge >= 0.3 is 0 Å². The van der Waals surface area contributed by atoms with E-state index in [0.717, 1.165) is 19.6 Å². The fourth-order valence-electron chi connectivity index (χ4n) is 2.72. The number of benzene rings is 4. The molecule has 4 aromatic carbocycles. The van der Waals surface area contributed by atoms with Crippen LogP contribution in [0.5, 0.6) is 0 Å². The van der Waals surface area contributed by atoms with Gasteiger partial charge in [-0.2, -0.15) is 20.5 Å². The highest BCUT2D eigenvalue weighted by Crippen LogP contribution is 2.12. The first-order valence-corrected chi connectivity index (χ1v) is 16.6. The molecule has 4 aromatic rings. The second-order valence-electron chi connectivity index (χ2n) is 9.29. The third-order valence-electron chi connectivity index (χ3n) is 4.72. The molecule has 0 aromatic heterocycles. The Balaban J connectivity index is -0.000000107. The molecular weight excluding hydrogens is 575 g/mol. The van der Waals surface area contributed by atoms with Crippen LogP contribution < -0.4 is 0 Å². The van der Waals surface area contributed by atoms with E-state index in [9.17, 15) is 0 Å². The highest BCUT2D eigenvalue weighted by Gasteiger charge is 1.86. The Labute approximate surface area is 294 Å². The zero-order chi connectivity index (χ0) is 34.8. The summed E-state index contributed by atoms with van der Waals surface area (Å²) in [5.74, 6) is 0. The maximum atomic E-state index is 4.64. The molecule has 0 N–H and O–H groups in total. The molecule has 0 saturated carbocycles. The normalized spacial score (nSPS) is 8.60. The number of unbranched alkanes of at least 4 members (excludes halogenated alkanes) is 1. The van der Waals surface area contributed by atoms with Crippen LogP contribution in [0.4, 0.5) is 0 Å². The van der Waals surface area contributed by atoms with Crippen molar-refractivity contribution in [2.75, 3.05) is 40.8 Å². The van der Waals surface area contributed by atoms with Gasteiger partial charge in [0.15, 0.2) is 0 Å². The summed E-state index contributed by atoms with van der Waals surface area (Å²) in [7, 11) is 6.98. The lowest BCUT2D eigenvalue weighted by molar-refractivity contribution is 0.252. The van der Waals surface area contributed by atoms with Gasteiger partial charge in [-0.25, -0.2) is 0 Å². The standard InChI is InChI=1S/2C10H8.C4H10.C3H8BO.2C3H8N2.2C3H8.2CH4/c2*1-2-6-10-8-4-3-7-9(10)5-1;1-3-4-2;1-4-3-5-2;2*1-3-5-4-2;2*1-3-2;;/h2*1-8H;3-4H2,1-2H3;3*3H2,1-2H3;2*3H2,1-2H3;2*1H4. The van der Waals surface area contributed by atoms with E-state index < -0.39 is 0 Å². The minimum absolute atomic E-state index is 0. The SMILES string of the molecule is C.C.CCC.CCC.CCCC.CCN=NC.CCN=NC.C[B]COC.c1ccc2ccccc2c1.c1ccc2ccccc2c1. The van der Waals surface area contributed by atoms with Crippen molar-refractivity contribution in [3.63, 3.8) is 0 Å². The Hall–Kier alpha value is -3.38. The predicted octanol–water partition coefficient (Wildman–Crippen LogP) is 14.1. The molecular formula is C41H74BN4O. The molecule has 0 bridgehead atoms. The lowest BCUT2D eigenvalue weighted by atomic mass is 9.85. The zero-order valence-electron chi connectivity index (χ0n) is 31.0. The van der Waals surface area contributed by atoms with Crippen molar-refractivity contribution in [2.24, 2.45) is 20.5 Å². The number of hydrogen-bond acceptors (Lipinski definition) is 5. The Kier molecular flexibility index (Phi) is 62.1. The first-order chi connectivity index (χ1) is 21.9. The summed E-state index contributed by atoms with van der Waals surface area (Å²) < 4.78 is 4.64. The summed E-state index contributed by atoms with van der Waals surface area (Å²) in [5, 5.41) is 19.4. The molecule has 0 amide bonds. The van der Waals surface area contributed by atoms with Crippen LogP contribution in [-0.2, 0) is 4.74 Å². The number of ether oxygens (including phenoxy) is 1. The maximum Gasteiger partial charge on any atom is 0.141 e. The third kappa shape index (κ3) is 44.8. The Morgan fingerprint density at radius 1 is 0.489 bits per heavy atom. The van der Waals surface area contributed by atoms with Crippen molar-refractivity contribution < 1.29 is 4.74 Å². The van der Waals surface area contributed by atoms with Crippen LogP contribution in [0.2, 0.25) is 6.82 Å². The molecule has 0 unspecified atom stereocenters. The number of azo groups is 2. The number of fused-ring (bicyclic) bond motifs is 2. The van der Waals surface area contributed by atoms with Crippen LogP contribution in [0, 0.1) is 0 Å². The van der Waals surface area contributed by atoms with E-state index in [4.69, 9.17) is 0 Å². The van der Waals surface area contributed by atoms with Crippen molar-refractivity contribution >= 4 is 28.8 Å². The average molecular weight is 650 g/mol. The fraction of sp³-hybridized carbons (Fsp3) is 0.512. The quantitative estimate of drug-likeness (QED) is 0.157. The van der Waals surface area contributed by atoms with Gasteiger partial charge in [0.25, 0.3) is 0 Å². The summed E-state index contributed by atoms with van der Waals surface area (Å²) >= 11 is 0. The van der Waals surface area contributed by atoms with Crippen molar-refractivity contribution in [2.45, 2.75) is 103 Å². The molecule has 0 spiro atoms. The second-order valence-corrected chi connectivity index (χ2v) is 9.29. The van der Waals surface area contributed by atoms with Crippen LogP contribution in [0.3, 0.4) is 0 Å². The molecule has 0 fully saturated rings. The zero-order valence-corrected chi connectivity index (χ0v) is 31.0. The maximum absolute atomic E-state index is 4.64. The van der Waals surface area contributed by atoms with Gasteiger partial charge in [-0.1, -0.05) is 186 Å². The Morgan fingerprint density at radius 3 is 0.766 bits per heavy atom. The largest absolute Gasteiger partial charge is 0.394 e. The van der Waals surface area contributed by atoms with Crippen molar-refractivity contribution in [3.05, 3.63) is 97.1 Å². The van der Waals surface area contributed by atoms with Crippen LogP contribution in [0.15, 0.2) is 118 Å². The van der Waals surface area contributed by atoms with Gasteiger partial charge in [0, 0.05) is 27.7 Å². The van der Waals surface area contributed by atoms with Gasteiger partial charge in [0.05, 0.1) is 13.1 Å². The highest BCUT2D eigenvalue weighted by atomic mass is 16.5. The summed E-state index contributed by atoms with van der Waals surface area (Å²) in [4.78, 5) is 0. The molecule has 0 heterocycles. The first-order valence-electron chi connectivity index (χ1n) is 16.6. The number of methoxy groups -OCH3 is 1. The van der Waals surface area contributed by atoms with E-state index in [1.54, 1.807) is 21.2 Å². The fourth-order valence-corrected chi connectivity index (χ4v) is 2.72. The van der Waals surface area contributed by atoms with Crippen molar-refractivity contribution in [3.8, 4) is 0 Å². The molecule has 4 rings (SSSR count). The topological polar surface area (TPSA) is 58.7 Å². The molecule has 0 aliphatic rings.